The van der Waals surface area contributed by atoms with E-state index in [1.54, 1.807) is 10.6 Å². The van der Waals surface area contributed by atoms with E-state index in [2.05, 4.69) is 25.4 Å². The third-order valence-electron chi connectivity index (χ3n) is 7.23. The monoisotopic (exact) mass is 642 g/mol. The number of benzene rings is 2. The van der Waals surface area contributed by atoms with Crippen LogP contribution < -0.4 is 10.5 Å². The topological polar surface area (TPSA) is 121 Å². The number of pyridine rings is 1. The second-order valence-electron chi connectivity index (χ2n) is 10.7. The van der Waals surface area contributed by atoms with E-state index in [1.165, 1.54) is 30.3 Å². The molecular formula is C31H30ClF3N6O4. The molecule has 1 N–H and O–H groups in total. The highest BCUT2D eigenvalue weighted by Gasteiger charge is 2.40. The third kappa shape index (κ3) is 6.79. The van der Waals surface area contributed by atoms with Gasteiger partial charge in [0.25, 0.3) is 5.89 Å². The number of H-pyrrole nitrogens is 1. The van der Waals surface area contributed by atoms with Gasteiger partial charge >= 0.3 is 5.76 Å². The Balaban J connectivity index is 0.00000196. The molecule has 5 aromatic rings. The first-order valence-corrected chi connectivity index (χ1v) is 14.6. The summed E-state index contributed by atoms with van der Waals surface area (Å²) in [5, 5.41) is 14.7. The van der Waals surface area contributed by atoms with Crippen LogP contribution in [0, 0.1) is 22.9 Å². The maximum absolute atomic E-state index is 15.5. The summed E-state index contributed by atoms with van der Waals surface area (Å²) in [5.74, 6) is -2.24. The number of aromatic nitrogens is 6. The quantitative estimate of drug-likeness (QED) is 0.202. The molecule has 45 heavy (non-hydrogen) atoms. The van der Waals surface area contributed by atoms with Crippen LogP contribution in [0.1, 0.15) is 50.7 Å². The minimum atomic E-state index is -0.767. The lowest BCUT2D eigenvalue weighted by Crippen LogP contribution is -2.27. The van der Waals surface area contributed by atoms with Crippen molar-refractivity contribution in [3.63, 3.8) is 0 Å². The van der Waals surface area contributed by atoms with E-state index < -0.39 is 23.2 Å². The number of nitrogens with zero attached hydrogens (tertiary/aromatic N) is 5. The molecule has 3 aromatic heterocycles. The first-order valence-electron chi connectivity index (χ1n) is 14.2. The molecular weight excluding hydrogens is 613 g/mol. The van der Waals surface area contributed by atoms with Crippen LogP contribution in [-0.2, 0) is 17.8 Å². The summed E-state index contributed by atoms with van der Waals surface area (Å²) in [6.07, 6.45) is -0.125. The Kier molecular flexibility index (Phi) is 9.40. The standard InChI is InChI=1S/C29H24ClF3N6O4.C2H6/c1-29(2)14-41-13-23(29)39-24(35-36-26(39)27-37-38-28(40)43-27)9-16-8-21(33)18(11-20(16)32)22-4-3-5-25(34-22)42-12-15-6-7-17(30)10-19(15)31;1-2/h3-8,10-11,23H,9,12-14H2,1-2H3,(H,38,40);1-2H3. The van der Waals surface area contributed by atoms with Crippen molar-refractivity contribution in [3.05, 3.63) is 98.5 Å². The maximum Gasteiger partial charge on any atom is 0.434 e. The van der Waals surface area contributed by atoms with Gasteiger partial charge in [-0.1, -0.05) is 51.4 Å². The molecule has 0 radical (unpaired) electrons. The van der Waals surface area contributed by atoms with Crippen molar-refractivity contribution in [1.82, 2.24) is 29.9 Å². The number of halogens is 4. The zero-order valence-electron chi connectivity index (χ0n) is 24.9. The Bertz CT molecular complexity index is 1870. The third-order valence-corrected chi connectivity index (χ3v) is 7.47. The Morgan fingerprint density at radius 1 is 1.04 bits per heavy atom. The molecule has 1 saturated heterocycles. The Morgan fingerprint density at radius 2 is 1.82 bits per heavy atom. The summed E-state index contributed by atoms with van der Waals surface area (Å²) in [4.78, 5) is 15.9. The van der Waals surface area contributed by atoms with Crippen molar-refractivity contribution in [2.45, 2.75) is 46.8 Å². The molecule has 6 rings (SSSR count). The van der Waals surface area contributed by atoms with Crippen LogP contribution in [-0.4, -0.2) is 43.2 Å². The zero-order chi connectivity index (χ0) is 32.3. The van der Waals surface area contributed by atoms with Crippen LogP contribution in [0.3, 0.4) is 0 Å². The predicted molar refractivity (Wildman–Crippen MR) is 159 cm³/mol. The van der Waals surface area contributed by atoms with Gasteiger partial charge in [-0.05, 0) is 35.9 Å². The largest absolute Gasteiger partial charge is 0.473 e. The normalized spacial score (nSPS) is 15.5. The molecule has 0 bridgehead atoms. The second-order valence-corrected chi connectivity index (χ2v) is 11.2. The van der Waals surface area contributed by atoms with Gasteiger partial charge < -0.3 is 18.5 Å². The van der Waals surface area contributed by atoms with E-state index in [0.29, 0.717) is 19.0 Å². The molecule has 10 nitrogen and oxygen atoms in total. The zero-order valence-corrected chi connectivity index (χ0v) is 25.7. The van der Waals surface area contributed by atoms with Gasteiger partial charge in [-0.2, -0.15) is 0 Å². The molecule has 14 heteroatoms. The van der Waals surface area contributed by atoms with Crippen molar-refractivity contribution in [2.75, 3.05) is 13.2 Å². The van der Waals surface area contributed by atoms with Crippen LogP contribution in [0.15, 0.2) is 57.7 Å². The Labute approximate surface area is 261 Å². The minimum absolute atomic E-state index is 0.0206. The fourth-order valence-electron chi connectivity index (χ4n) is 4.95. The van der Waals surface area contributed by atoms with Crippen molar-refractivity contribution < 1.29 is 27.1 Å². The number of ether oxygens (including phenoxy) is 2. The lowest BCUT2D eigenvalue weighted by Gasteiger charge is -2.27. The van der Waals surface area contributed by atoms with Crippen molar-refractivity contribution in [1.29, 1.82) is 0 Å². The summed E-state index contributed by atoms with van der Waals surface area (Å²) in [6.45, 7) is 8.60. The van der Waals surface area contributed by atoms with Gasteiger partial charge in [0.2, 0.25) is 11.7 Å². The highest BCUT2D eigenvalue weighted by molar-refractivity contribution is 6.30. The van der Waals surface area contributed by atoms with Crippen LogP contribution >= 0.6 is 11.6 Å². The van der Waals surface area contributed by atoms with E-state index in [-0.39, 0.29) is 69.5 Å². The van der Waals surface area contributed by atoms with Crippen molar-refractivity contribution in [2.24, 2.45) is 5.41 Å². The molecule has 1 fully saturated rings. The second kappa shape index (κ2) is 13.2. The highest BCUT2D eigenvalue weighted by Crippen LogP contribution is 2.40. The molecule has 1 atom stereocenters. The van der Waals surface area contributed by atoms with Crippen molar-refractivity contribution >= 4 is 11.6 Å². The Morgan fingerprint density at radius 3 is 2.51 bits per heavy atom. The van der Waals surface area contributed by atoms with Crippen LogP contribution in [0.25, 0.3) is 23.0 Å². The molecule has 4 heterocycles. The van der Waals surface area contributed by atoms with Crippen LogP contribution in [0.4, 0.5) is 13.2 Å². The van der Waals surface area contributed by atoms with Gasteiger partial charge in [-0.3, -0.25) is 0 Å². The van der Waals surface area contributed by atoms with E-state index >= 15 is 8.78 Å². The number of hydrogen-bond donors (Lipinski definition) is 1. The van der Waals surface area contributed by atoms with Crippen molar-refractivity contribution in [3.8, 4) is 28.9 Å². The lowest BCUT2D eigenvalue weighted by molar-refractivity contribution is 0.166. The molecule has 236 valence electrons. The van der Waals surface area contributed by atoms with E-state index in [1.807, 2.05) is 27.7 Å². The van der Waals surface area contributed by atoms with Gasteiger partial charge in [0.15, 0.2) is 0 Å². The van der Waals surface area contributed by atoms with Gasteiger partial charge in [0, 0.05) is 34.1 Å². The minimum Gasteiger partial charge on any atom is -0.473 e. The fraction of sp³-hybridized carbons (Fsp3) is 0.323. The molecule has 0 spiro atoms. The summed E-state index contributed by atoms with van der Waals surface area (Å²) in [7, 11) is 0. The molecule has 1 unspecified atom stereocenters. The van der Waals surface area contributed by atoms with E-state index in [4.69, 9.17) is 25.5 Å². The Hall–Kier alpha value is -4.49. The summed E-state index contributed by atoms with van der Waals surface area (Å²) in [6, 6.07) is 10.6. The molecule has 1 aliphatic rings. The fourth-order valence-corrected chi connectivity index (χ4v) is 5.11. The molecule has 2 aromatic carbocycles. The number of rotatable bonds is 8. The highest BCUT2D eigenvalue weighted by atomic mass is 35.5. The molecule has 0 saturated carbocycles. The summed E-state index contributed by atoms with van der Waals surface area (Å²) in [5.41, 5.74) is -0.0479. The number of hydrogen-bond acceptors (Lipinski definition) is 8. The maximum atomic E-state index is 15.5. The van der Waals surface area contributed by atoms with Gasteiger partial charge in [-0.25, -0.2) is 28.0 Å². The predicted octanol–water partition coefficient (Wildman–Crippen LogP) is 6.55. The number of nitrogens with one attached hydrogen (secondary N) is 1. The molecule has 0 amide bonds. The van der Waals surface area contributed by atoms with Gasteiger partial charge in [0.1, 0.15) is 29.9 Å². The average molecular weight is 643 g/mol. The smallest absolute Gasteiger partial charge is 0.434 e. The van der Waals surface area contributed by atoms with Crippen LogP contribution in [0.5, 0.6) is 5.88 Å². The lowest BCUT2D eigenvalue weighted by atomic mass is 9.87. The number of aromatic amines is 1. The first-order chi connectivity index (χ1) is 21.6. The first kappa shape index (κ1) is 31.9. The SMILES string of the molecule is CC.CC1(C)COCC1n1c(Cc2cc(F)c(-c3cccc(OCc4ccc(Cl)cc4F)n3)cc2F)nnc1-c1n[nH]c(=O)o1. The average Bonchev–Trinajstić information content (AvgIpc) is 3.72. The van der Waals surface area contributed by atoms with E-state index in [9.17, 15) is 9.18 Å². The van der Waals surface area contributed by atoms with Gasteiger partial charge in [0.05, 0.1) is 24.9 Å². The van der Waals surface area contributed by atoms with Crippen LogP contribution in [0.2, 0.25) is 5.02 Å². The molecule has 0 aliphatic carbocycles. The summed E-state index contributed by atoms with van der Waals surface area (Å²) >= 11 is 5.79. The summed E-state index contributed by atoms with van der Waals surface area (Å²) < 4.78 is 63.2. The van der Waals surface area contributed by atoms with E-state index in [0.717, 1.165) is 12.1 Å². The van der Waals surface area contributed by atoms with Gasteiger partial charge in [-0.15, -0.1) is 15.3 Å². The molecule has 1 aliphatic heterocycles.